The average Bonchev–Trinajstić information content (AvgIpc) is 2.83. The van der Waals surface area contributed by atoms with Gasteiger partial charge in [-0.1, -0.05) is 43.2 Å². The lowest BCUT2D eigenvalue weighted by Gasteiger charge is -2.31. The van der Waals surface area contributed by atoms with Crippen molar-refractivity contribution in [2.45, 2.75) is 64.1 Å². The second-order valence-corrected chi connectivity index (χ2v) is 6.35. The van der Waals surface area contributed by atoms with Crippen LogP contribution in [0.4, 0.5) is 0 Å². The lowest BCUT2D eigenvalue weighted by molar-refractivity contribution is -0.134. The molecule has 0 unspecified atom stereocenters. The summed E-state index contributed by atoms with van der Waals surface area (Å²) in [6.07, 6.45) is 4.76. The number of amides is 1. The van der Waals surface area contributed by atoms with E-state index >= 15 is 0 Å². The van der Waals surface area contributed by atoms with Gasteiger partial charge < -0.3 is 10.6 Å². The van der Waals surface area contributed by atoms with Crippen LogP contribution in [0.15, 0.2) is 30.3 Å². The SMILES string of the molecule is CC(C)N(Cc1ccccc1)C(=O)CC1(N)CCCC1. The number of carbonyl (C=O) groups excluding carboxylic acids is 1. The lowest BCUT2D eigenvalue weighted by Crippen LogP contribution is -2.45. The van der Waals surface area contributed by atoms with Crippen LogP contribution in [0, 0.1) is 0 Å². The van der Waals surface area contributed by atoms with Gasteiger partial charge in [0.05, 0.1) is 0 Å². The molecule has 1 aromatic carbocycles. The Morgan fingerprint density at radius 2 is 1.85 bits per heavy atom. The molecular weight excluding hydrogens is 248 g/mol. The van der Waals surface area contributed by atoms with Crippen LogP contribution in [0.2, 0.25) is 0 Å². The van der Waals surface area contributed by atoms with Crippen molar-refractivity contribution in [1.82, 2.24) is 4.90 Å². The lowest BCUT2D eigenvalue weighted by atomic mass is 9.93. The Hall–Kier alpha value is -1.35. The van der Waals surface area contributed by atoms with E-state index in [1.807, 2.05) is 23.1 Å². The molecule has 20 heavy (non-hydrogen) atoms. The molecule has 1 aliphatic carbocycles. The molecule has 3 heteroatoms. The van der Waals surface area contributed by atoms with Gasteiger partial charge in [0, 0.05) is 24.5 Å². The first-order valence-electron chi connectivity index (χ1n) is 7.62. The minimum absolute atomic E-state index is 0.188. The number of nitrogens with two attached hydrogens (primary N) is 1. The number of benzene rings is 1. The Morgan fingerprint density at radius 3 is 2.40 bits per heavy atom. The Morgan fingerprint density at radius 1 is 1.25 bits per heavy atom. The highest BCUT2D eigenvalue weighted by molar-refractivity contribution is 5.77. The van der Waals surface area contributed by atoms with Crippen LogP contribution in [0.3, 0.4) is 0 Å². The highest BCUT2D eigenvalue weighted by Crippen LogP contribution is 2.31. The quantitative estimate of drug-likeness (QED) is 0.897. The molecule has 0 atom stereocenters. The number of hydrogen-bond donors (Lipinski definition) is 1. The number of rotatable bonds is 5. The molecule has 0 saturated heterocycles. The Balaban J connectivity index is 2.02. The molecule has 2 rings (SSSR count). The highest BCUT2D eigenvalue weighted by atomic mass is 16.2. The third-order valence-corrected chi connectivity index (χ3v) is 4.24. The van der Waals surface area contributed by atoms with Gasteiger partial charge in [0.2, 0.25) is 5.91 Å². The summed E-state index contributed by atoms with van der Waals surface area (Å²) < 4.78 is 0. The maximum atomic E-state index is 12.6. The monoisotopic (exact) mass is 274 g/mol. The summed E-state index contributed by atoms with van der Waals surface area (Å²) >= 11 is 0. The summed E-state index contributed by atoms with van der Waals surface area (Å²) in [5.74, 6) is 0.188. The molecule has 110 valence electrons. The van der Waals surface area contributed by atoms with Crippen LogP contribution >= 0.6 is 0 Å². The third-order valence-electron chi connectivity index (χ3n) is 4.24. The summed E-state index contributed by atoms with van der Waals surface area (Å²) in [6, 6.07) is 10.4. The summed E-state index contributed by atoms with van der Waals surface area (Å²) in [5, 5.41) is 0. The van der Waals surface area contributed by atoms with E-state index in [1.165, 1.54) is 5.56 Å². The van der Waals surface area contributed by atoms with E-state index in [4.69, 9.17) is 5.73 Å². The zero-order chi connectivity index (χ0) is 14.6. The minimum atomic E-state index is -0.263. The van der Waals surface area contributed by atoms with Gasteiger partial charge in [-0.15, -0.1) is 0 Å². The van der Waals surface area contributed by atoms with E-state index in [9.17, 15) is 4.79 Å². The van der Waals surface area contributed by atoms with Gasteiger partial charge >= 0.3 is 0 Å². The van der Waals surface area contributed by atoms with Crippen LogP contribution in [-0.2, 0) is 11.3 Å². The second kappa shape index (κ2) is 6.40. The van der Waals surface area contributed by atoms with Crippen LogP contribution in [0.5, 0.6) is 0 Å². The Bertz CT molecular complexity index is 436. The van der Waals surface area contributed by atoms with Crippen LogP contribution < -0.4 is 5.73 Å². The van der Waals surface area contributed by atoms with Crippen molar-refractivity contribution in [2.24, 2.45) is 5.73 Å². The predicted molar refractivity (Wildman–Crippen MR) is 82.1 cm³/mol. The van der Waals surface area contributed by atoms with E-state index < -0.39 is 0 Å². The summed E-state index contributed by atoms with van der Waals surface area (Å²) in [4.78, 5) is 14.5. The maximum Gasteiger partial charge on any atom is 0.224 e. The van der Waals surface area contributed by atoms with Gasteiger partial charge in [0.1, 0.15) is 0 Å². The van der Waals surface area contributed by atoms with Gasteiger partial charge in [-0.2, -0.15) is 0 Å². The fourth-order valence-corrected chi connectivity index (χ4v) is 3.00. The molecule has 0 bridgehead atoms. The molecule has 1 fully saturated rings. The zero-order valence-corrected chi connectivity index (χ0v) is 12.6. The summed E-state index contributed by atoms with van der Waals surface area (Å²) in [5.41, 5.74) is 7.25. The van der Waals surface area contributed by atoms with Crippen molar-refractivity contribution < 1.29 is 4.79 Å². The molecule has 0 spiro atoms. The Labute approximate surface area is 122 Å². The minimum Gasteiger partial charge on any atom is -0.336 e. The average molecular weight is 274 g/mol. The standard InChI is InChI=1S/C17H26N2O/c1-14(2)19(13-15-8-4-3-5-9-15)16(20)12-17(18)10-6-7-11-17/h3-5,8-9,14H,6-7,10-13,18H2,1-2H3. The number of hydrogen-bond acceptors (Lipinski definition) is 2. The smallest absolute Gasteiger partial charge is 0.224 e. The van der Waals surface area contributed by atoms with Crippen molar-refractivity contribution in [3.8, 4) is 0 Å². The van der Waals surface area contributed by atoms with Gasteiger partial charge in [0.15, 0.2) is 0 Å². The van der Waals surface area contributed by atoms with Gasteiger partial charge in [-0.05, 0) is 32.3 Å². The van der Waals surface area contributed by atoms with E-state index in [0.717, 1.165) is 25.7 Å². The van der Waals surface area contributed by atoms with E-state index in [0.29, 0.717) is 13.0 Å². The summed E-state index contributed by atoms with van der Waals surface area (Å²) in [6.45, 7) is 4.81. The molecule has 1 aliphatic rings. The highest BCUT2D eigenvalue weighted by Gasteiger charge is 2.33. The van der Waals surface area contributed by atoms with Crippen molar-refractivity contribution >= 4 is 5.91 Å². The first-order valence-corrected chi connectivity index (χ1v) is 7.62. The van der Waals surface area contributed by atoms with Gasteiger partial charge in [-0.25, -0.2) is 0 Å². The van der Waals surface area contributed by atoms with Crippen molar-refractivity contribution in [2.75, 3.05) is 0 Å². The molecule has 0 heterocycles. The van der Waals surface area contributed by atoms with E-state index in [1.54, 1.807) is 0 Å². The third kappa shape index (κ3) is 3.83. The second-order valence-electron chi connectivity index (χ2n) is 6.35. The Kier molecular flexibility index (Phi) is 4.81. The number of carbonyl (C=O) groups is 1. The predicted octanol–water partition coefficient (Wildman–Crippen LogP) is 3.09. The fourth-order valence-electron chi connectivity index (χ4n) is 3.00. The van der Waals surface area contributed by atoms with Crippen LogP contribution in [-0.4, -0.2) is 22.4 Å². The molecule has 3 nitrogen and oxygen atoms in total. The zero-order valence-electron chi connectivity index (χ0n) is 12.6. The van der Waals surface area contributed by atoms with Crippen molar-refractivity contribution in [3.63, 3.8) is 0 Å². The molecule has 0 aliphatic heterocycles. The summed E-state index contributed by atoms with van der Waals surface area (Å²) in [7, 11) is 0. The molecule has 0 radical (unpaired) electrons. The largest absolute Gasteiger partial charge is 0.336 e. The van der Waals surface area contributed by atoms with Crippen molar-refractivity contribution in [3.05, 3.63) is 35.9 Å². The normalized spacial score (nSPS) is 17.4. The van der Waals surface area contributed by atoms with Crippen LogP contribution in [0.25, 0.3) is 0 Å². The molecule has 1 aromatic rings. The first kappa shape index (κ1) is 15.0. The number of nitrogens with zero attached hydrogens (tertiary/aromatic N) is 1. The van der Waals surface area contributed by atoms with Gasteiger partial charge in [-0.3, -0.25) is 4.79 Å². The van der Waals surface area contributed by atoms with Gasteiger partial charge in [0.25, 0.3) is 0 Å². The fraction of sp³-hybridized carbons (Fsp3) is 0.588. The van der Waals surface area contributed by atoms with Crippen molar-refractivity contribution in [1.29, 1.82) is 0 Å². The van der Waals surface area contributed by atoms with E-state index in [-0.39, 0.29) is 17.5 Å². The molecular formula is C17H26N2O. The molecule has 2 N–H and O–H groups in total. The van der Waals surface area contributed by atoms with E-state index in [2.05, 4.69) is 26.0 Å². The maximum absolute atomic E-state index is 12.6. The topological polar surface area (TPSA) is 46.3 Å². The van der Waals surface area contributed by atoms with Crippen LogP contribution in [0.1, 0.15) is 51.5 Å². The first-order chi connectivity index (χ1) is 9.50. The molecule has 1 amide bonds. The molecule has 1 saturated carbocycles. The molecule has 0 aromatic heterocycles.